The van der Waals surface area contributed by atoms with Crippen LogP contribution in [0.3, 0.4) is 0 Å². The number of nitrogens with one attached hydrogen (secondary N) is 1. The lowest BCUT2D eigenvalue weighted by Gasteiger charge is -2.30. The van der Waals surface area contributed by atoms with Crippen LogP contribution < -0.4 is 5.32 Å². The predicted octanol–water partition coefficient (Wildman–Crippen LogP) is 4.29. The van der Waals surface area contributed by atoms with Gasteiger partial charge in [-0.05, 0) is 62.8 Å². The molecule has 0 bridgehead atoms. The SMILES string of the molecule is Cc1ccc(SCCC2CCCC2(C#N)NC2CC2)cc1. The van der Waals surface area contributed by atoms with Crippen molar-refractivity contribution < 1.29 is 0 Å². The molecule has 0 radical (unpaired) electrons. The molecular formula is C18H24N2S. The first-order valence-electron chi connectivity index (χ1n) is 8.10. The normalized spacial score (nSPS) is 28.5. The Kier molecular flexibility index (Phi) is 4.57. The molecule has 1 aromatic rings. The fourth-order valence-electron chi connectivity index (χ4n) is 3.38. The van der Waals surface area contributed by atoms with Crippen molar-refractivity contribution in [2.75, 3.05) is 5.75 Å². The minimum absolute atomic E-state index is 0.227. The van der Waals surface area contributed by atoms with Crippen molar-refractivity contribution in [3.8, 4) is 6.07 Å². The molecule has 0 aliphatic heterocycles. The Bertz CT molecular complexity index is 515. The van der Waals surface area contributed by atoms with E-state index in [0.717, 1.165) is 18.6 Å². The summed E-state index contributed by atoms with van der Waals surface area (Å²) in [5, 5.41) is 13.3. The molecule has 2 aliphatic carbocycles. The van der Waals surface area contributed by atoms with Crippen molar-refractivity contribution >= 4 is 11.8 Å². The Morgan fingerprint density at radius 3 is 2.71 bits per heavy atom. The second-order valence-corrected chi connectivity index (χ2v) is 7.71. The number of nitrogens with zero attached hydrogens (tertiary/aromatic N) is 1. The number of benzene rings is 1. The van der Waals surface area contributed by atoms with Gasteiger partial charge in [0.25, 0.3) is 0 Å². The van der Waals surface area contributed by atoms with Crippen molar-refractivity contribution in [3.63, 3.8) is 0 Å². The molecule has 3 heteroatoms. The molecule has 2 saturated carbocycles. The number of nitriles is 1. The molecule has 3 rings (SSSR count). The van der Waals surface area contributed by atoms with E-state index in [1.807, 2.05) is 11.8 Å². The molecule has 21 heavy (non-hydrogen) atoms. The second kappa shape index (κ2) is 6.42. The Morgan fingerprint density at radius 2 is 2.05 bits per heavy atom. The van der Waals surface area contributed by atoms with Gasteiger partial charge in [-0.2, -0.15) is 5.26 Å². The van der Waals surface area contributed by atoms with Gasteiger partial charge in [0.05, 0.1) is 6.07 Å². The largest absolute Gasteiger partial charge is 0.296 e. The molecule has 1 aromatic carbocycles. The summed E-state index contributed by atoms with van der Waals surface area (Å²) >= 11 is 1.92. The molecule has 2 atom stereocenters. The number of hydrogen-bond acceptors (Lipinski definition) is 3. The third-order valence-corrected chi connectivity index (χ3v) is 5.86. The van der Waals surface area contributed by atoms with Crippen LogP contribution in [-0.2, 0) is 0 Å². The van der Waals surface area contributed by atoms with Crippen LogP contribution in [-0.4, -0.2) is 17.3 Å². The third kappa shape index (κ3) is 3.62. The van der Waals surface area contributed by atoms with Crippen LogP contribution in [0.15, 0.2) is 29.2 Å². The van der Waals surface area contributed by atoms with Gasteiger partial charge in [-0.1, -0.05) is 24.1 Å². The van der Waals surface area contributed by atoms with Crippen LogP contribution in [0, 0.1) is 24.2 Å². The first kappa shape index (κ1) is 14.9. The standard InChI is InChI=1S/C18H24N2S/c1-14-4-8-17(9-5-14)21-12-10-15-3-2-11-18(15,13-19)20-16-6-7-16/h4-5,8-9,15-16,20H,2-3,6-7,10-12H2,1H3. The van der Waals surface area contributed by atoms with E-state index in [4.69, 9.17) is 0 Å². The topological polar surface area (TPSA) is 35.8 Å². The molecule has 1 N–H and O–H groups in total. The molecule has 0 heterocycles. The van der Waals surface area contributed by atoms with Crippen molar-refractivity contribution in [1.82, 2.24) is 5.32 Å². The minimum Gasteiger partial charge on any atom is -0.296 e. The first-order valence-corrected chi connectivity index (χ1v) is 9.09. The van der Waals surface area contributed by atoms with Gasteiger partial charge in [0, 0.05) is 10.9 Å². The summed E-state index contributed by atoms with van der Waals surface area (Å²) in [6, 6.07) is 12.0. The van der Waals surface area contributed by atoms with E-state index in [9.17, 15) is 5.26 Å². The van der Waals surface area contributed by atoms with E-state index >= 15 is 0 Å². The molecule has 0 amide bonds. The number of thioether (sulfide) groups is 1. The van der Waals surface area contributed by atoms with E-state index < -0.39 is 0 Å². The monoisotopic (exact) mass is 300 g/mol. The van der Waals surface area contributed by atoms with Gasteiger partial charge in [-0.15, -0.1) is 11.8 Å². The van der Waals surface area contributed by atoms with Gasteiger partial charge >= 0.3 is 0 Å². The van der Waals surface area contributed by atoms with Crippen molar-refractivity contribution in [3.05, 3.63) is 29.8 Å². The number of aryl methyl sites for hydroxylation is 1. The van der Waals surface area contributed by atoms with Gasteiger partial charge in [0.1, 0.15) is 5.54 Å². The quantitative estimate of drug-likeness (QED) is 0.796. The van der Waals surface area contributed by atoms with Gasteiger partial charge in [0.15, 0.2) is 0 Å². The number of hydrogen-bond donors (Lipinski definition) is 1. The molecule has 0 saturated heterocycles. The highest BCUT2D eigenvalue weighted by Crippen LogP contribution is 2.41. The van der Waals surface area contributed by atoms with Crippen LogP contribution >= 0.6 is 11.8 Å². The van der Waals surface area contributed by atoms with Gasteiger partial charge in [-0.25, -0.2) is 0 Å². The zero-order valence-electron chi connectivity index (χ0n) is 12.8. The Hall–Kier alpha value is -0.980. The fourth-order valence-corrected chi connectivity index (χ4v) is 4.35. The van der Waals surface area contributed by atoms with E-state index in [1.54, 1.807) is 0 Å². The molecule has 2 nitrogen and oxygen atoms in total. The van der Waals surface area contributed by atoms with E-state index in [0.29, 0.717) is 12.0 Å². The highest BCUT2D eigenvalue weighted by Gasteiger charge is 2.45. The summed E-state index contributed by atoms with van der Waals surface area (Å²) in [5.41, 5.74) is 1.09. The zero-order chi connectivity index (χ0) is 14.7. The molecule has 0 aromatic heterocycles. The summed E-state index contributed by atoms with van der Waals surface area (Å²) in [5.74, 6) is 1.64. The fraction of sp³-hybridized carbons (Fsp3) is 0.611. The van der Waals surface area contributed by atoms with Crippen LogP contribution in [0.5, 0.6) is 0 Å². The van der Waals surface area contributed by atoms with Crippen molar-refractivity contribution in [2.45, 2.75) is 61.9 Å². The lowest BCUT2D eigenvalue weighted by Crippen LogP contribution is -2.48. The molecule has 0 spiro atoms. The summed E-state index contributed by atoms with van der Waals surface area (Å²) in [6.45, 7) is 2.12. The van der Waals surface area contributed by atoms with Crippen LogP contribution in [0.1, 0.15) is 44.1 Å². The maximum absolute atomic E-state index is 9.69. The second-order valence-electron chi connectivity index (χ2n) is 6.54. The van der Waals surface area contributed by atoms with E-state index in [2.05, 4.69) is 42.6 Å². The van der Waals surface area contributed by atoms with Gasteiger partial charge in [-0.3, -0.25) is 5.32 Å². The van der Waals surface area contributed by atoms with Gasteiger partial charge < -0.3 is 0 Å². The summed E-state index contributed by atoms with van der Waals surface area (Å²) in [4.78, 5) is 1.34. The lowest BCUT2D eigenvalue weighted by molar-refractivity contribution is 0.308. The summed E-state index contributed by atoms with van der Waals surface area (Å²) in [7, 11) is 0. The van der Waals surface area contributed by atoms with Gasteiger partial charge in [0.2, 0.25) is 0 Å². The summed E-state index contributed by atoms with van der Waals surface area (Å²) < 4.78 is 0. The van der Waals surface area contributed by atoms with E-state index in [-0.39, 0.29) is 5.54 Å². The molecule has 2 unspecified atom stereocenters. The first-order chi connectivity index (χ1) is 10.2. The highest BCUT2D eigenvalue weighted by atomic mass is 32.2. The van der Waals surface area contributed by atoms with Crippen LogP contribution in [0.2, 0.25) is 0 Å². The maximum Gasteiger partial charge on any atom is 0.109 e. The van der Waals surface area contributed by atoms with Crippen LogP contribution in [0.4, 0.5) is 0 Å². The Balaban J connectivity index is 1.53. The molecular weight excluding hydrogens is 276 g/mol. The highest BCUT2D eigenvalue weighted by molar-refractivity contribution is 7.99. The zero-order valence-corrected chi connectivity index (χ0v) is 13.6. The average molecular weight is 300 g/mol. The third-order valence-electron chi connectivity index (χ3n) is 4.82. The molecule has 2 aliphatic rings. The maximum atomic E-state index is 9.69. The summed E-state index contributed by atoms with van der Waals surface area (Å²) in [6.07, 6.45) is 7.11. The Labute approximate surface area is 132 Å². The molecule has 2 fully saturated rings. The average Bonchev–Trinajstić information content (AvgIpc) is 3.21. The smallest absolute Gasteiger partial charge is 0.109 e. The van der Waals surface area contributed by atoms with Crippen molar-refractivity contribution in [1.29, 1.82) is 5.26 Å². The number of rotatable bonds is 6. The lowest BCUT2D eigenvalue weighted by atomic mass is 9.86. The minimum atomic E-state index is -0.227. The molecule has 112 valence electrons. The van der Waals surface area contributed by atoms with Crippen LogP contribution in [0.25, 0.3) is 0 Å². The Morgan fingerprint density at radius 1 is 1.29 bits per heavy atom. The van der Waals surface area contributed by atoms with Crippen molar-refractivity contribution in [2.24, 2.45) is 5.92 Å². The predicted molar refractivity (Wildman–Crippen MR) is 88.4 cm³/mol. The van der Waals surface area contributed by atoms with E-state index in [1.165, 1.54) is 36.1 Å².